The van der Waals surface area contributed by atoms with E-state index in [0.29, 0.717) is 6.04 Å². The van der Waals surface area contributed by atoms with E-state index in [1.54, 1.807) is 6.92 Å². The molecule has 0 atom stereocenters. The number of hydrogen-bond donors (Lipinski definition) is 0. The fourth-order valence-corrected chi connectivity index (χ4v) is 2.01. The fourth-order valence-electron chi connectivity index (χ4n) is 2.01. The van der Waals surface area contributed by atoms with Crippen LogP contribution in [0.15, 0.2) is 18.2 Å². The summed E-state index contributed by atoms with van der Waals surface area (Å²) < 4.78 is 0. The summed E-state index contributed by atoms with van der Waals surface area (Å²) in [7, 11) is 0. The highest BCUT2D eigenvalue weighted by Gasteiger charge is 2.21. The Morgan fingerprint density at radius 3 is 2.53 bits per heavy atom. The molecule has 0 saturated heterocycles. The molecule has 15 heavy (non-hydrogen) atoms. The second kappa shape index (κ2) is 3.78. The number of ketones is 1. The molecule has 80 valence electrons. The van der Waals surface area contributed by atoms with Gasteiger partial charge in [-0.25, -0.2) is 0 Å². The second-order valence-corrected chi connectivity index (χ2v) is 4.54. The molecule has 1 aromatic carbocycles. The van der Waals surface area contributed by atoms with Gasteiger partial charge >= 0.3 is 0 Å². The maximum atomic E-state index is 11.2. The third-order valence-corrected chi connectivity index (χ3v) is 3.09. The molecule has 0 aliphatic carbocycles. The van der Waals surface area contributed by atoms with Crippen molar-refractivity contribution in [1.82, 2.24) is 4.90 Å². The number of nitrogens with zero attached hydrogens (tertiary/aromatic N) is 1. The van der Waals surface area contributed by atoms with Gasteiger partial charge in [0.2, 0.25) is 0 Å². The molecular weight excluding hydrogens is 186 g/mol. The first-order valence-electron chi connectivity index (χ1n) is 5.44. The molecule has 0 saturated carbocycles. The standard InChI is InChI=1S/C13H17NO/c1-9(2)14-7-12-5-4-11(10(3)15)6-13(12)8-14/h4-6,9H,7-8H2,1-3H3. The molecule has 2 rings (SSSR count). The highest BCUT2D eigenvalue weighted by molar-refractivity contribution is 5.94. The van der Waals surface area contributed by atoms with Crippen molar-refractivity contribution in [3.05, 3.63) is 34.9 Å². The van der Waals surface area contributed by atoms with E-state index in [1.165, 1.54) is 11.1 Å². The van der Waals surface area contributed by atoms with Crippen molar-refractivity contribution in [2.45, 2.75) is 39.9 Å². The molecular formula is C13H17NO. The Kier molecular flexibility index (Phi) is 2.61. The van der Waals surface area contributed by atoms with Gasteiger partial charge in [0.25, 0.3) is 0 Å². The van der Waals surface area contributed by atoms with Gasteiger partial charge in [-0.2, -0.15) is 0 Å². The first kappa shape index (κ1) is 10.4. The molecule has 0 aromatic heterocycles. The summed E-state index contributed by atoms with van der Waals surface area (Å²) in [6, 6.07) is 6.64. The van der Waals surface area contributed by atoms with Crippen molar-refractivity contribution in [2.24, 2.45) is 0 Å². The summed E-state index contributed by atoms with van der Waals surface area (Å²) in [6.07, 6.45) is 0. The van der Waals surface area contributed by atoms with Crippen molar-refractivity contribution >= 4 is 5.78 Å². The summed E-state index contributed by atoms with van der Waals surface area (Å²) >= 11 is 0. The Morgan fingerprint density at radius 1 is 1.27 bits per heavy atom. The van der Waals surface area contributed by atoms with E-state index < -0.39 is 0 Å². The molecule has 1 aliphatic heterocycles. The maximum absolute atomic E-state index is 11.2. The molecule has 0 N–H and O–H groups in total. The smallest absolute Gasteiger partial charge is 0.159 e. The molecule has 1 aromatic rings. The average molecular weight is 203 g/mol. The van der Waals surface area contributed by atoms with Crippen molar-refractivity contribution in [3.8, 4) is 0 Å². The van der Waals surface area contributed by atoms with Crippen LogP contribution in [0.2, 0.25) is 0 Å². The zero-order valence-electron chi connectivity index (χ0n) is 9.58. The van der Waals surface area contributed by atoms with E-state index in [9.17, 15) is 4.79 Å². The number of rotatable bonds is 2. The largest absolute Gasteiger partial charge is 0.295 e. The van der Waals surface area contributed by atoms with Gasteiger partial charge in [0.05, 0.1) is 0 Å². The molecule has 0 radical (unpaired) electrons. The summed E-state index contributed by atoms with van der Waals surface area (Å²) in [5.74, 6) is 0.154. The fraction of sp³-hybridized carbons (Fsp3) is 0.462. The van der Waals surface area contributed by atoms with Crippen molar-refractivity contribution in [1.29, 1.82) is 0 Å². The molecule has 2 heteroatoms. The number of hydrogen-bond acceptors (Lipinski definition) is 2. The summed E-state index contributed by atoms with van der Waals surface area (Å²) in [5.41, 5.74) is 3.52. The Labute approximate surface area is 90.9 Å². The summed E-state index contributed by atoms with van der Waals surface area (Å²) in [5, 5.41) is 0. The number of Topliss-reactive ketones (excluding diaryl/α,β-unsaturated/α-hetero) is 1. The van der Waals surface area contributed by atoms with Crippen molar-refractivity contribution in [2.75, 3.05) is 0 Å². The Bertz CT molecular complexity index is 396. The SMILES string of the molecule is CC(=O)c1ccc2c(c1)CN(C(C)C)C2. The molecule has 0 fully saturated rings. The van der Waals surface area contributed by atoms with Crippen LogP contribution in [0, 0.1) is 0 Å². The van der Waals surface area contributed by atoms with Gasteiger partial charge < -0.3 is 0 Å². The second-order valence-electron chi connectivity index (χ2n) is 4.54. The van der Waals surface area contributed by atoms with E-state index in [0.717, 1.165) is 18.7 Å². The molecule has 0 unspecified atom stereocenters. The average Bonchev–Trinajstić information content (AvgIpc) is 2.59. The van der Waals surface area contributed by atoms with E-state index in [4.69, 9.17) is 0 Å². The van der Waals surface area contributed by atoms with Gasteiger partial charge in [0.1, 0.15) is 0 Å². The minimum Gasteiger partial charge on any atom is -0.295 e. The van der Waals surface area contributed by atoms with E-state index in [1.807, 2.05) is 12.1 Å². The highest BCUT2D eigenvalue weighted by atomic mass is 16.1. The third kappa shape index (κ3) is 1.95. The topological polar surface area (TPSA) is 20.3 Å². The summed E-state index contributed by atoms with van der Waals surface area (Å²) in [6.45, 7) is 8.03. The first-order valence-corrected chi connectivity index (χ1v) is 5.44. The van der Waals surface area contributed by atoms with E-state index in [2.05, 4.69) is 24.8 Å². The van der Waals surface area contributed by atoms with Gasteiger partial charge in [-0.1, -0.05) is 12.1 Å². The molecule has 1 heterocycles. The van der Waals surface area contributed by atoms with Gasteiger partial charge in [0, 0.05) is 24.7 Å². The van der Waals surface area contributed by atoms with Gasteiger partial charge in [-0.05, 0) is 38.0 Å². The third-order valence-electron chi connectivity index (χ3n) is 3.09. The normalized spacial score (nSPS) is 15.7. The molecule has 0 amide bonds. The van der Waals surface area contributed by atoms with Crippen LogP contribution in [0.1, 0.15) is 42.3 Å². The van der Waals surface area contributed by atoms with Crippen LogP contribution in [0.3, 0.4) is 0 Å². The Morgan fingerprint density at radius 2 is 1.93 bits per heavy atom. The van der Waals surface area contributed by atoms with Gasteiger partial charge in [0.15, 0.2) is 5.78 Å². The van der Waals surface area contributed by atoms with Gasteiger partial charge in [-0.3, -0.25) is 9.69 Å². The minimum atomic E-state index is 0.154. The van der Waals surface area contributed by atoms with Gasteiger partial charge in [-0.15, -0.1) is 0 Å². The van der Waals surface area contributed by atoms with Crippen LogP contribution in [0.4, 0.5) is 0 Å². The number of fused-ring (bicyclic) bond motifs is 1. The zero-order chi connectivity index (χ0) is 11.0. The van der Waals surface area contributed by atoms with E-state index >= 15 is 0 Å². The molecule has 0 bridgehead atoms. The predicted molar refractivity (Wildman–Crippen MR) is 60.8 cm³/mol. The lowest BCUT2D eigenvalue weighted by atomic mass is 10.0. The van der Waals surface area contributed by atoms with Crippen LogP contribution in [-0.4, -0.2) is 16.7 Å². The minimum absolute atomic E-state index is 0.154. The number of carbonyl (C=O) groups is 1. The quantitative estimate of drug-likeness (QED) is 0.689. The number of benzene rings is 1. The van der Waals surface area contributed by atoms with Crippen LogP contribution in [-0.2, 0) is 13.1 Å². The molecule has 0 spiro atoms. The maximum Gasteiger partial charge on any atom is 0.159 e. The lowest BCUT2D eigenvalue weighted by Crippen LogP contribution is -2.24. The summed E-state index contributed by atoms with van der Waals surface area (Å²) in [4.78, 5) is 13.7. The monoisotopic (exact) mass is 203 g/mol. The lowest BCUT2D eigenvalue weighted by Gasteiger charge is -2.18. The first-order chi connectivity index (χ1) is 7.08. The molecule has 1 aliphatic rings. The van der Waals surface area contributed by atoms with Crippen LogP contribution < -0.4 is 0 Å². The van der Waals surface area contributed by atoms with Crippen LogP contribution in [0.25, 0.3) is 0 Å². The Hall–Kier alpha value is -1.15. The number of carbonyl (C=O) groups excluding carboxylic acids is 1. The Balaban J connectivity index is 2.27. The zero-order valence-corrected chi connectivity index (χ0v) is 9.58. The van der Waals surface area contributed by atoms with E-state index in [-0.39, 0.29) is 5.78 Å². The lowest BCUT2D eigenvalue weighted by molar-refractivity contribution is 0.101. The predicted octanol–water partition coefficient (Wildman–Crippen LogP) is 2.61. The van der Waals surface area contributed by atoms with Crippen LogP contribution >= 0.6 is 0 Å². The highest BCUT2D eigenvalue weighted by Crippen LogP contribution is 2.25. The van der Waals surface area contributed by atoms with Crippen LogP contribution in [0.5, 0.6) is 0 Å². The van der Waals surface area contributed by atoms with Crippen molar-refractivity contribution < 1.29 is 4.79 Å². The van der Waals surface area contributed by atoms with Crippen molar-refractivity contribution in [3.63, 3.8) is 0 Å². The molecule has 2 nitrogen and oxygen atoms in total.